The lowest BCUT2D eigenvalue weighted by Crippen LogP contribution is -2.36. The molecule has 4 atom stereocenters. The minimum Gasteiger partial charge on any atom is -0.316 e. The Bertz CT molecular complexity index is 999. The van der Waals surface area contributed by atoms with Crippen molar-refractivity contribution in [2.75, 3.05) is 86.6 Å². The SMILES string of the molecule is CC(C)NC1CCCC1.CC(C)NC1CCCC1.CC(C)NC1CCCC1.CC(C)N[C@@H]1CCN(C)C1.CC(C)N[C@H]1CCN(C)C1.CCN1CC[C@@H](NC(C)C)C1.CCN1CC[C@H](NC)C1. The van der Waals surface area contributed by atoms with Crippen molar-refractivity contribution in [1.82, 2.24) is 56.8 Å². The Hall–Kier alpha value is -0.440. The molecule has 3 saturated carbocycles. The normalized spacial score (nSPS) is 25.5. The minimum atomic E-state index is 0.636. The fourth-order valence-electron chi connectivity index (χ4n) is 10.9. The summed E-state index contributed by atoms with van der Waals surface area (Å²) in [6.07, 6.45) is 22.3. The summed E-state index contributed by atoms with van der Waals surface area (Å²) in [7, 11) is 6.41. The van der Waals surface area contributed by atoms with Gasteiger partial charge < -0.3 is 56.8 Å². The zero-order valence-electron chi connectivity index (χ0n) is 48.2. The lowest BCUT2D eigenvalue weighted by molar-refractivity contribution is 0.341. The lowest BCUT2D eigenvalue weighted by atomic mass is 10.2. The molecule has 0 unspecified atom stereocenters. The molecule has 0 amide bonds. The van der Waals surface area contributed by atoms with Crippen LogP contribution in [0.5, 0.6) is 0 Å². The van der Waals surface area contributed by atoms with E-state index in [4.69, 9.17) is 0 Å². The van der Waals surface area contributed by atoms with Crippen molar-refractivity contribution in [3.8, 4) is 0 Å². The van der Waals surface area contributed by atoms with Gasteiger partial charge in [0.05, 0.1) is 0 Å². The summed E-state index contributed by atoms with van der Waals surface area (Å²) in [5.74, 6) is 0. The maximum atomic E-state index is 3.56. The second-order valence-corrected chi connectivity index (χ2v) is 23.4. The van der Waals surface area contributed by atoms with Crippen molar-refractivity contribution in [2.45, 2.75) is 278 Å². The Balaban J connectivity index is 0.000000391. The summed E-state index contributed by atoms with van der Waals surface area (Å²) < 4.78 is 0. The van der Waals surface area contributed by atoms with Gasteiger partial charge in [0.2, 0.25) is 0 Å². The predicted octanol–water partition coefficient (Wildman–Crippen LogP) is 8.54. The van der Waals surface area contributed by atoms with E-state index in [-0.39, 0.29) is 0 Å². The van der Waals surface area contributed by atoms with E-state index in [2.05, 4.69) is 168 Å². The third-order valence-electron chi connectivity index (χ3n) is 14.1. The summed E-state index contributed by atoms with van der Waals surface area (Å²) in [6, 6.07) is 9.43. The first-order valence-electron chi connectivity index (χ1n) is 28.9. The van der Waals surface area contributed by atoms with Gasteiger partial charge in [-0.15, -0.1) is 0 Å². The molecular weight excluding hydrogens is 827 g/mol. The van der Waals surface area contributed by atoms with Crippen LogP contribution in [0.2, 0.25) is 0 Å². The number of nitrogens with zero attached hydrogens (tertiary/aromatic N) is 4. The average molecular weight is 951 g/mol. The van der Waals surface area contributed by atoms with Crippen LogP contribution in [0.25, 0.3) is 0 Å². The molecule has 7 N–H and O–H groups in total. The molecule has 0 radical (unpaired) electrons. The average Bonchev–Trinajstić information content (AvgIpc) is 4.10. The second kappa shape index (κ2) is 39.1. The smallest absolute Gasteiger partial charge is 0.0209 e. The molecule has 11 heteroatoms. The summed E-state index contributed by atoms with van der Waals surface area (Å²) >= 11 is 0. The molecule has 3 aliphatic carbocycles. The van der Waals surface area contributed by atoms with E-state index in [1.54, 1.807) is 0 Å². The minimum absolute atomic E-state index is 0.636. The molecule has 4 saturated heterocycles. The van der Waals surface area contributed by atoms with Gasteiger partial charge in [0, 0.05) is 105 Å². The fraction of sp³-hybridized carbons (Fsp3) is 1.00. The zero-order chi connectivity index (χ0) is 50.1. The molecule has 0 spiro atoms. The van der Waals surface area contributed by atoms with Crippen molar-refractivity contribution in [3.05, 3.63) is 0 Å². The largest absolute Gasteiger partial charge is 0.316 e. The van der Waals surface area contributed by atoms with Gasteiger partial charge in [-0.1, -0.05) is 135 Å². The Labute approximate surface area is 420 Å². The monoisotopic (exact) mass is 950 g/mol. The van der Waals surface area contributed by atoms with Gasteiger partial charge in [-0.3, -0.25) is 0 Å². The van der Waals surface area contributed by atoms with E-state index in [0.29, 0.717) is 36.3 Å². The second-order valence-electron chi connectivity index (χ2n) is 23.4. The molecule has 0 bridgehead atoms. The van der Waals surface area contributed by atoms with Crippen LogP contribution >= 0.6 is 0 Å². The summed E-state index contributed by atoms with van der Waals surface area (Å²) in [6.45, 7) is 43.4. The van der Waals surface area contributed by atoms with Gasteiger partial charge in [-0.25, -0.2) is 0 Å². The third kappa shape index (κ3) is 35.3. The first-order valence-corrected chi connectivity index (χ1v) is 28.9. The fourth-order valence-corrected chi connectivity index (χ4v) is 10.9. The van der Waals surface area contributed by atoms with E-state index in [9.17, 15) is 0 Å². The molecule has 4 aliphatic heterocycles. The molecule has 4 heterocycles. The molecule has 0 aromatic carbocycles. The van der Waals surface area contributed by atoms with Gasteiger partial charge >= 0.3 is 0 Å². The quantitative estimate of drug-likeness (QED) is 0.0862. The highest BCUT2D eigenvalue weighted by atomic mass is 15.2. The van der Waals surface area contributed by atoms with Crippen LogP contribution in [-0.4, -0.2) is 185 Å². The molecule has 0 aromatic heterocycles. The number of hydrogen-bond acceptors (Lipinski definition) is 11. The third-order valence-corrected chi connectivity index (χ3v) is 14.1. The molecule has 7 fully saturated rings. The molecule has 402 valence electrons. The molecule has 11 nitrogen and oxygen atoms in total. The van der Waals surface area contributed by atoms with E-state index < -0.39 is 0 Å². The van der Waals surface area contributed by atoms with Crippen LogP contribution in [0.1, 0.15) is 200 Å². The number of likely N-dealkylation sites (N-methyl/N-ethyl adjacent to an activating group) is 5. The van der Waals surface area contributed by atoms with E-state index in [1.807, 2.05) is 7.05 Å². The molecule has 7 aliphatic rings. The maximum Gasteiger partial charge on any atom is 0.0209 e. The van der Waals surface area contributed by atoms with Gasteiger partial charge in [-0.2, -0.15) is 0 Å². The maximum absolute atomic E-state index is 3.56. The number of nitrogens with one attached hydrogen (secondary N) is 7. The van der Waals surface area contributed by atoms with Crippen LogP contribution in [0.4, 0.5) is 0 Å². The Morgan fingerprint density at radius 2 is 0.567 bits per heavy atom. The van der Waals surface area contributed by atoms with Gasteiger partial charge in [0.25, 0.3) is 0 Å². The highest BCUT2D eigenvalue weighted by Gasteiger charge is 2.22. The number of likely N-dealkylation sites (tertiary alicyclic amines) is 4. The summed E-state index contributed by atoms with van der Waals surface area (Å²) in [4.78, 5) is 9.72. The van der Waals surface area contributed by atoms with Gasteiger partial charge in [-0.05, 0) is 125 Å². The first kappa shape index (κ1) is 64.6. The first-order chi connectivity index (χ1) is 31.8. The lowest BCUT2D eigenvalue weighted by Gasteiger charge is -2.16. The molecule has 0 aromatic rings. The van der Waals surface area contributed by atoms with Crippen LogP contribution in [0.15, 0.2) is 0 Å². The topological polar surface area (TPSA) is 97.2 Å². The number of rotatable bonds is 15. The highest BCUT2D eigenvalue weighted by Crippen LogP contribution is 2.19. The van der Waals surface area contributed by atoms with E-state index >= 15 is 0 Å². The van der Waals surface area contributed by atoms with Crippen molar-refractivity contribution >= 4 is 0 Å². The molecule has 7 rings (SSSR count). The van der Waals surface area contributed by atoms with Crippen LogP contribution in [0, 0.1) is 0 Å². The van der Waals surface area contributed by atoms with E-state index in [1.165, 1.54) is 168 Å². The van der Waals surface area contributed by atoms with Crippen LogP contribution in [-0.2, 0) is 0 Å². The van der Waals surface area contributed by atoms with Crippen molar-refractivity contribution in [2.24, 2.45) is 0 Å². The standard InChI is InChI=1S/C9H20N2.2C8H18N2.3C8H17N.C7H16N2/c1-4-11-6-5-9(7-11)10-8(2)3;2*1-7(2)9-8-4-5-10(3)6-8;3*1-7(2)9-8-5-3-4-6-8;1-3-9-5-4-7(6-9)8-2/h8-10H,4-7H2,1-3H3;2*7-9H,4-6H2,1-3H3;3*7-9H,3-6H2,1-2H3;7-8H,3-6H2,1-2H3/t9-;2*8-;;;;7-/m110...0/s1. The predicted molar refractivity (Wildman–Crippen MR) is 298 cm³/mol. The molecule has 67 heavy (non-hydrogen) atoms. The Morgan fingerprint density at radius 1 is 0.328 bits per heavy atom. The van der Waals surface area contributed by atoms with Crippen molar-refractivity contribution < 1.29 is 0 Å². The summed E-state index contributed by atoms with van der Waals surface area (Å²) in [5.41, 5.74) is 0. The Kier molecular flexibility index (Phi) is 37.7. The Morgan fingerprint density at radius 3 is 0.776 bits per heavy atom. The molecular formula is C56H123N11. The van der Waals surface area contributed by atoms with Gasteiger partial charge in [0.1, 0.15) is 0 Å². The van der Waals surface area contributed by atoms with Crippen LogP contribution in [0.3, 0.4) is 0 Å². The highest BCUT2D eigenvalue weighted by molar-refractivity contribution is 4.83. The van der Waals surface area contributed by atoms with E-state index in [0.717, 1.165) is 42.3 Å². The van der Waals surface area contributed by atoms with Crippen molar-refractivity contribution in [3.63, 3.8) is 0 Å². The number of hydrogen-bond donors (Lipinski definition) is 7. The van der Waals surface area contributed by atoms with Gasteiger partial charge in [0.15, 0.2) is 0 Å². The van der Waals surface area contributed by atoms with Crippen molar-refractivity contribution in [1.29, 1.82) is 0 Å². The zero-order valence-corrected chi connectivity index (χ0v) is 48.2. The summed E-state index contributed by atoms with van der Waals surface area (Å²) in [5, 5.41) is 24.5. The van der Waals surface area contributed by atoms with Crippen LogP contribution < -0.4 is 37.2 Å².